The molecule has 0 bridgehead atoms. The average molecular weight is 277 g/mol. The highest BCUT2D eigenvalue weighted by Crippen LogP contribution is 2.14. The molecule has 6 nitrogen and oxygen atoms in total. The number of amides is 1. The normalized spacial score (nSPS) is 11.0. The summed E-state index contributed by atoms with van der Waals surface area (Å²) in [4.78, 5) is 15.6. The Morgan fingerprint density at radius 3 is 2.58 bits per heavy atom. The zero-order chi connectivity index (χ0) is 13.9. The first-order valence-electron chi connectivity index (χ1n) is 5.32. The molecule has 1 aromatic heterocycles. The minimum atomic E-state index is -3.79. The highest BCUT2D eigenvalue weighted by molar-refractivity contribution is 7.89. The Kier molecular flexibility index (Phi) is 3.59. The lowest BCUT2D eigenvalue weighted by atomic mass is 10.3. The fourth-order valence-electron chi connectivity index (χ4n) is 1.44. The van der Waals surface area contributed by atoms with Gasteiger partial charge in [0.2, 0.25) is 10.0 Å². The predicted octanol–water partition coefficient (Wildman–Crippen LogP) is 0.981. The van der Waals surface area contributed by atoms with E-state index < -0.39 is 15.9 Å². The molecule has 0 saturated carbocycles. The van der Waals surface area contributed by atoms with E-state index in [1.165, 1.54) is 24.4 Å². The van der Waals surface area contributed by atoms with E-state index >= 15 is 0 Å². The molecule has 0 unspecified atom stereocenters. The SMILES string of the molecule is NS(=O)(=O)c1cccc(NC(=O)c2ccccn2)c1. The molecular weight excluding hydrogens is 266 g/mol. The van der Waals surface area contributed by atoms with Crippen LogP contribution in [0.15, 0.2) is 53.6 Å². The van der Waals surface area contributed by atoms with Crippen molar-refractivity contribution in [3.8, 4) is 0 Å². The van der Waals surface area contributed by atoms with Gasteiger partial charge in [-0.25, -0.2) is 13.6 Å². The van der Waals surface area contributed by atoms with Crippen molar-refractivity contribution in [3.63, 3.8) is 0 Å². The molecule has 1 amide bonds. The maximum absolute atomic E-state index is 11.8. The third kappa shape index (κ3) is 3.36. The largest absolute Gasteiger partial charge is 0.321 e. The van der Waals surface area contributed by atoms with Crippen LogP contribution in [0.1, 0.15) is 10.5 Å². The molecular formula is C12H11N3O3S. The third-order valence-corrected chi connectivity index (χ3v) is 3.23. The van der Waals surface area contributed by atoms with Gasteiger partial charge in [-0.2, -0.15) is 0 Å². The number of nitrogens with one attached hydrogen (secondary N) is 1. The molecule has 3 N–H and O–H groups in total. The summed E-state index contributed by atoms with van der Waals surface area (Å²) in [6, 6.07) is 10.6. The monoisotopic (exact) mass is 277 g/mol. The number of aromatic nitrogens is 1. The number of benzene rings is 1. The van der Waals surface area contributed by atoms with E-state index in [0.29, 0.717) is 5.69 Å². The number of hydrogen-bond acceptors (Lipinski definition) is 4. The van der Waals surface area contributed by atoms with E-state index in [1.807, 2.05) is 0 Å². The molecule has 0 atom stereocenters. The topological polar surface area (TPSA) is 102 Å². The van der Waals surface area contributed by atoms with E-state index in [-0.39, 0.29) is 10.6 Å². The Morgan fingerprint density at radius 2 is 1.95 bits per heavy atom. The fourth-order valence-corrected chi connectivity index (χ4v) is 2.00. The molecule has 0 spiro atoms. The highest BCUT2D eigenvalue weighted by atomic mass is 32.2. The number of carbonyl (C=O) groups is 1. The molecule has 0 radical (unpaired) electrons. The zero-order valence-electron chi connectivity index (χ0n) is 9.78. The second-order valence-corrected chi connectivity index (χ2v) is 5.30. The van der Waals surface area contributed by atoms with Crippen molar-refractivity contribution in [2.45, 2.75) is 4.90 Å². The summed E-state index contributed by atoms with van der Waals surface area (Å²) in [6.07, 6.45) is 1.50. The van der Waals surface area contributed by atoms with Crippen molar-refractivity contribution in [1.29, 1.82) is 0 Å². The van der Waals surface area contributed by atoms with E-state index in [0.717, 1.165) is 0 Å². The summed E-state index contributed by atoms with van der Waals surface area (Å²) < 4.78 is 22.4. The molecule has 19 heavy (non-hydrogen) atoms. The average Bonchev–Trinajstić information content (AvgIpc) is 2.39. The van der Waals surface area contributed by atoms with E-state index in [2.05, 4.69) is 10.3 Å². The molecule has 7 heteroatoms. The van der Waals surface area contributed by atoms with Gasteiger partial charge in [0, 0.05) is 11.9 Å². The minimum absolute atomic E-state index is 0.0636. The number of hydrogen-bond donors (Lipinski definition) is 2. The van der Waals surface area contributed by atoms with Crippen LogP contribution in [-0.2, 0) is 10.0 Å². The molecule has 1 aromatic carbocycles. The second kappa shape index (κ2) is 5.17. The summed E-state index contributed by atoms with van der Waals surface area (Å²) in [6.45, 7) is 0. The van der Waals surface area contributed by atoms with Gasteiger partial charge in [-0.1, -0.05) is 12.1 Å². The van der Waals surface area contributed by atoms with Crippen molar-refractivity contribution in [2.75, 3.05) is 5.32 Å². The highest BCUT2D eigenvalue weighted by Gasteiger charge is 2.10. The number of sulfonamides is 1. The lowest BCUT2D eigenvalue weighted by Gasteiger charge is -2.06. The van der Waals surface area contributed by atoms with Gasteiger partial charge in [0.1, 0.15) is 5.69 Å². The van der Waals surface area contributed by atoms with Gasteiger partial charge in [0.05, 0.1) is 4.90 Å². The van der Waals surface area contributed by atoms with Crippen LogP contribution in [0.4, 0.5) is 5.69 Å². The van der Waals surface area contributed by atoms with Crippen molar-refractivity contribution < 1.29 is 13.2 Å². The van der Waals surface area contributed by atoms with Crippen molar-refractivity contribution in [2.24, 2.45) is 5.14 Å². The van der Waals surface area contributed by atoms with Gasteiger partial charge in [-0.3, -0.25) is 9.78 Å². The van der Waals surface area contributed by atoms with E-state index in [9.17, 15) is 13.2 Å². The summed E-state index contributed by atoms with van der Waals surface area (Å²) in [5.74, 6) is -0.424. The number of carbonyl (C=O) groups excluding carboxylic acids is 1. The maximum atomic E-state index is 11.8. The lowest BCUT2D eigenvalue weighted by Crippen LogP contribution is -2.15. The van der Waals surface area contributed by atoms with Crippen LogP contribution in [0.2, 0.25) is 0 Å². The van der Waals surface area contributed by atoms with Gasteiger partial charge in [-0.15, -0.1) is 0 Å². The van der Waals surface area contributed by atoms with Crippen LogP contribution in [0.25, 0.3) is 0 Å². The van der Waals surface area contributed by atoms with E-state index in [4.69, 9.17) is 5.14 Å². The Morgan fingerprint density at radius 1 is 1.16 bits per heavy atom. The van der Waals surface area contributed by atoms with Gasteiger partial charge < -0.3 is 5.32 Å². The van der Waals surface area contributed by atoms with Gasteiger partial charge in [-0.05, 0) is 30.3 Å². The van der Waals surface area contributed by atoms with Crippen LogP contribution in [0.3, 0.4) is 0 Å². The predicted molar refractivity (Wildman–Crippen MR) is 70.0 cm³/mol. The van der Waals surface area contributed by atoms with Gasteiger partial charge in [0.25, 0.3) is 5.91 Å². The van der Waals surface area contributed by atoms with Crippen molar-refractivity contribution >= 4 is 21.6 Å². The van der Waals surface area contributed by atoms with Crippen LogP contribution in [0, 0.1) is 0 Å². The van der Waals surface area contributed by atoms with Crippen LogP contribution in [-0.4, -0.2) is 19.3 Å². The van der Waals surface area contributed by atoms with Crippen molar-refractivity contribution in [3.05, 3.63) is 54.4 Å². The first kappa shape index (κ1) is 13.2. The Balaban J connectivity index is 2.23. The number of rotatable bonds is 3. The lowest BCUT2D eigenvalue weighted by molar-refractivity contribution is 0.102. The maximum Gasteiger partial charge on any atom is 0.274 e. The summed E-state index contributed by atoms with van der Waals surface area (Å²) >= 11 is 0. The molecule has 0 aliphatic heterocycles. The third-order valence-electron chi connectivity index (χ3n) is 2.32. The molecule has 0 saturated heterocycles. The minimum Gasteiger partial charge on any atom is -0.321 e. The molecule has 2 aromatic rings. The fraction of sp³-hybridized carbons (Fsp3) is 0. The van der Waals surface area contributed by atoms with Gasteiger partial charge >= 0.3 is 0 Å². The smallest absolute Gasteiger partial charge is 0.274 e. The molecule has 1 heterocycles. The molecule has 0 aliphatic carbocycles. The van der Waals surface area contributed by atoms with Gasteiger partial charge in [0.15, 0.2) is 0 Å². The summed E-state index contributed by atoms with van der Waals surface area (Å²) in [5, 5.41) is 7.56. The summed E-state index contributed by atoms with van der Waals surface area (Å²) in [5.41, 5.74) is 0.575. The molecule has 0 aliphatic rings. The molecule has 2 rings (SSSR count). The number of pyridine rings is 1. The number of nitrogens with two attached hydrogens (primary N) is 1. The number of primary sulfonamides is 1. The Labute approximate surface area is 110 Å². The zero-order valence-corrected chi connectivity index (χ0v) is 10.6. The number of anilines is 1. The van der Waals surface area contributed by atoms with Crippen LogP contribution >= 0.6 is 0 Å². The first-order valence-corrected chi connectivity index (χ1v) is 6.87. The number of nitrogens with zero attached hydrogens (tertiary/aromatic N) is 1. The standard InChI is InChI=1S/C12H11N3O3S/c13-19(17,18)10-5-3-4-9(8-10)15-12(16)11-6-1-2-7-14-11/h1-8H,(H,15,16)(H2,13,17,18). The Bertz CT molecular complexity index is 699. The quantitative estimate of drug-likeness (QED) is 0.873. The first-order chi connectivity index (χ1) is 8.97. The Hall–Kier alpha value is -2.25. The second-order valence-electron chi connectivity index (χ2n) is 3.74. The molecule has 98 valence electrons. The van der Waals surface area contributed by atoms with Crippen LogP contribution < -0.4 is 10.5 Å². The molecule has 0 fully saturated rings. The van der Waals surface area contributed by atoms with Crippen molar-refractivity contribution in [1.82, 2.24) is 4.98 Å². The van der Waals surface area contributed by atoms with E-state index in [1.54, 1.807) is 24.3 Å². The summed E-state index contributed by atoms with van der Waals surface area (Å²) in [7, 11) is -3.79. The van der Waals surface area contributed by atoms with Crippen LogP contribution in [0.5, 0.6) is 0 Å².